The number of aromatic nitrogens is 2. The summed E-state index contributed by atoms with van der Waals surface area (Å²) in [5.41, 5.74) is 1.90. The molecule has 0 bridgehead atoms. The van der Waals surface area contributed by atoms with E-state index in [1.807, 2.05) is 13.8 Å². The number of anilines is 1. The second-order valence-corrected chi connectivity index (χ2v) is 8.48. The number of hydrogen-bond acceptors (Lipinski definition) is 7. The minimum atomic E-state index is -3.75. The number of amides is 1. The standard InChI is InChI=1S/C17H18N4O4S2/c1-10(15-11(2)20-25-12(15)3)19-16(22)13-4-6-14(7-5-13)27(23,24)21-17-18-8-9-26-17/h4-10H,1-3H3,(H,18,21)(H,19,22)/t10-/m1/s1. The highest BCUT2D eigenvalue weighted by Crippen LogP contribution is 2.22. The molecule has 8 nitrogen and oxygen atoms in total. The van der Waals surface area contributed by atoms with Crippen LogP contribution in [0.25, 0.3) is 0 Å². The average molecular weight is 406 g/mol. The zero-order chi connectivity index (χ0) is 19.6. The van der Waals surface area contributed by atoms with Crippen LogP contribution in [-0.2, 0) is 10.0 Å². The average Bonchev–Trinajstić information content (AvgIpc) is 3.24. The van der Waals surface area contributed by atoms with Crippen molar-refractivity contribution in [2.75, 3.05) is 4.72 Å². The molecule has 142 valence electrons. The molecule has 27 heavy (non-hydrogen) atoms. The molecule has 2 aromatic heterocycles. The minimum absolute atomic E-state index is 0.0491. The summed E-state index contributed by atoms with van der Waals surface area (Å²) < 4.78 is 32.2. The van der Waals surface area contributed by atoms with Gasteiger partial charge in [-0.25, -0.2) is 13.4 Å². The van der Waals surface area contributed by atoms with Crippen LogP contribution in [-0.4, -0.2) is 24.5 Å². The number of aryl methyl sites for hydroxylation is 2. The molecule has 0 aliphatic heterocycles. The van der Waals surface area contributed by atoms with E-state index < -0.39 is 10.0 Å². The molecular weight excluding hydrogens is 388 g/mol. The van der Waals surface area contributed by atoms with E-state index in [1.165, 1.54) is 41.8 Å². The minimum Gasteiger partial charge on any atom is -0.361 e. The number of nitrogens with zero attached hydrogens (tertiary/aromatic N) is 2. The lowest BCUT2D eigenvalue weighted by Crippen LogP contribution is -2.27. The molecule has 3 aromatic rings. The molecule has 1 amide bonds. The Morgan fingerprint density at radius 2 is 1.93 bits per heavy atom. The number of benzene rings is 1. The number of rotatable bonds is 6. The lowest BCUT2D eigenvalue weighted by atomic mass is 10.1. The Morgan fingerprint density at radius 3 is 2.48 bits per heavy atom. The first-order chi connectivity index (χ1) is 12.8. The molecule has 0 saturated carbocycles. The van der Waals surface area contributed by atoms with Gasteiger partial charge < -0.3 is 9.84 Å². The Morgan fingerprint density at radius 1 is 1.22 bits per heavy atom. The molecule has 1 aromatic carbocycles. The van der Waals surface area contributed by atoms with Crippen LogP contribution in [0.15, 0.2) is 45.3 Å². The smallest absolute Gasteiger partial charge is 0.263 e. The first-order valence-electron chi connectivity index (χ1n) is 8.04. The molecular formula is C17H18N4O4S2. The van der Waals surface area contributed by atoms with E-state index in [-0.39, 0.29) is 22.0 Å². The molecule has 0 aliphatic rings. The summed E-state index contributed by atoms with van der Waals surface area (Å²) in [5.74, 6) is 0.328. The van der Waals surface area contributed by atoms with Crippen molar-refractivity contribution < 1.29 is 17.7 Å². The lowest BCUT2D eigenvalue weighted by molar-refractivity contribution is 0.0939. The highest BCUT2D eigenvalue weighted by Gasteiger charge is 2.20. The number of hydrogen-bond donors (Lipinski definition) is 2. The Labute approximate surface area is 160 Å². The fourth-order valence-corrected chi connectivity index (χ4v) is 4.48. The van der Waals surface area contributed by atoms with Crippen molar-refractivity contribution in [2.24, 2.45) is 0 Å². The summed E-state index contributed by atoms with van der Waals surface area (Å²) >= 11 is 1.18. The van der Waals surface area contributed by atoms with Gasteiger partial charge in [-0.05, 0) is 45.0 Å². The maximum Gasteiger partial charge on any atom is 0.263 e. The molecule has 0 spiro atoms. The second-order valence-electron chi connectivity index (χ2n) is 5.90. The monoisotopic (exact) mass is 406 g/mol. The molecule has 0 aliphatic carbocycles. The van der Waals surface area contributed by atoms with Gasteiger partial charge in [-0.15, -0.1) is 11.3 Å². The molecule has 0 saturated heterocycles. The maximum absolute atomic E-state index is 12.5. The van der Waals surface area contributed by atoms with Crippen LogP contribution < -0.4 is 10.0 Å². The van der Waals surface area contributed by atoms with Crippen LogP contribution in [0.4, 0.5) is 5.13 Å². The highest BCUT2D eigenvalue weighted by molar-refractivity contribution is 7.93. The van der Waals surface area contributed by atoms with Gasteiger partial charge in [-0.1, -0.05) is 5.16 Å². The zero-order valence-electron chi connectivity index (χ0n) is 14.9. The van der Waals surface area contributed by atoms with E-state index in [4.69, 9.17) is 4.52 Å². The largest absolute Gasteiger partial charge is 0.361 e. The maximum atomic E-state index is 12.5. The first-order valence-corrected chi connectivity index (χ1v) is 10.4. The van der Waals surface area contributed by atoms with Crippen molar-refractivity contribution in [3.05, 3.63) is 58.4 Å². The molecule has 0 radical (unpaired) electrons. The summed E-state index contributed by atoms with van der Waals surface area (Å²) in [6.07, 6.45) is 1.51. The van der Waals surface area contributed by atoms with Gasteiger partial charge in [0.1, 0.15) is 5.76 Å². The Balaban J connectivity index is 1.72. The Hall–Kier alpha value is -2.72. The van der Waals surface area contributed by atoms with Crippen molar-refractivity contribution in [1.29, 1.82) is 0 Å². The topological polar surface area (TPSA) is 114 Å². The van der Waals surface area contributed by atoms with Crippen LogP contribution in [0.1, 0.15) is 40.3 Å². The lowest BCUT2D eigenvalue weighted by Gasteiger charge is -2.14. The molecule has 3 rings (SSSR count). The van der Waals surface area contributed by atoms with Crippen LogP contribution in [0.5, 0.6) is 0 Å². The summed E-state index contributed by atoms with van der Waals surface area (Å²) in [6.45, 7) is 5.43. The summed E-state index contributed by atoms with van der Waals surface area (Å²) in [6, 6.07) is 5.40. The third-order valence-corrected chi connectivity index (χ3v) is 6.12. The van der Waals surface area contributed by atoms with Gasteiger partial charge in [0, 0.05) is 22.7 Å². The van der Waals surface area contributed by atoms with Crippen LogP contribution >= 0.6 is 11.3 Å². The normalized spacial score (nSPS) is 12.6. The van der Waals surface area contributed by atoms with Gasteiger partial charge in [-0.3, -0.25) is 9.52 Å². The SMILES string of the molecule is Cc1noc(C)c1[C@@H](C)NC(=O)c1ccc(S(=O)(=O)Nc2nccs2)cc1. The number of nitrogens with one attached hydrogen (secondary N) is 2. The summed E-state index contributed by atoms with van der Waals surface area (Å²) in [7, 11) is -3.75. The predicted molar refractivity (Wildman–Crippen MR) is 101 cm³/mol. The van der Waals surface area contributed by atoms with E-state index >= 15 is 0 Å². The van der Waals surface area contributed by atoms with Gasteiger partial charge in [-0.2, -0.15) is 0 Å². The molecule has 2 N–H and O–H groups in total. The van der Waals surface area contributed by atoms with E-state index in [0.717, 1.165) is 11.3 Å². The third kappa shape index (κ3) is 4.17. The van der Waals surface area contributed by atoms with Gasteiger partial charge in [0.25, 0.3) is 15.9 Å². The van der Waals surface area contributed by atoms with Crippen molar-refractivity contribution in [3.8, 4) is 0 Å². The predicted octanol–water partition coefficient (Wildman–Crippen LogP) is 3.04. The first kappa shape index (κ1) is 19.1. The highest BCUT2D eigenvalue weighted by atomic mass is 32.2. The van der Waals surface area contributed by atoms with Gasteiger partial charge in [0.2, 0.25) is 0 Å². The zero-order valence-corrected chi connectivity index (χ0v) is 16.5. The number of carbonyl (C=O) groups is 1. The van der Waals surface area contributed by atoms with E-state index in [1.54, 1.807) is 12.3 Å². The van der Waals surface area contributed by atoms with E-state index in [0.29, 0.717) is 11.3 Å². The van der Waals surface area contributed by atoms with Crippen LogP contribution in [0.2, 0.25) is 0 Å². The fraction of sp³-hybridized carbons (Fsp3) is 0.235. The molecule has 0 unspecified atom stereocenters. The van der Waals surface area contributed by atoms with Crippen molar-refractivity contribution in [3.63, 3.8) is 0 Å². The number of thiazole rings is 1. The number of sulfonamides is 1. The van der Waals surface area contributed by atoms with Crippen LogP contribution in [0.3, 0.4) is 0 Å². The van der Waals surface area contributed by atoms with Gasteiger partial charge in [0.15, 0.2) is 5.13 Å². The molecule has 10 heteroatoms. The van der Waals surface area contributed by atoms with Gasteiger partial charge >= 0.3 is 0 Å². The van der Waals surface area contributed by atoms with Crippen molar-refractivity contribution >= 4 is 32.4 Å². The summed E-state index contributed by atoms with van der Waals surface area (Å²) in [5, 5.41) is 8.70. The van der Waals surface area contributed by atoms with Crippen molar-refractivity contribution in [1.82, 2.24) is 15.5 Å². The molecule has 0 fully saturated rings. The van der Waals surface area contributed by atoms with Crippen molar-refractivity contribution in [2.45, 2.75) is 31.7 Å². The van der Waals surface area contributed by atoms with E-state index in [2.05, 4.69) is 20.2 Å². The number of carbonyl (C=O) groups excluding carboxylic acids is 1. The quantitative estimate of drug-likeness (QED) is 0.650. The van der Waals surface area contributed by atoms with Gasteiger partial charge in [0.05, 0.1) is 16.6 Å². The molecule has 2 heterocycles. The van der Waals surface area contributed by atoms with Crippen LogP contribution in [0, 0.1) is 13.8 Å². The summed E-state index contributed by atoms with van der Waals surface area (Å²) in [4.78, 5) is 16.4. The third-order valence-electron chi connectivity index (χ3n) is 3.95. The second kappa shape index (κ2) is 7.49. The molecule has 1 atom stereocenters. The fourth-order valence-electron chi connectivity index (χ4n) is 2.69. The van der Waals surface area contributed by atoms with E-state index in [9.17, 15) is 13.2 Å². The Bertz CT molecular complexity index is 1020. The Kier molecular flexibility index (Phi) is 5.29.